The number of aromatic nitrogens is 2. The van der Waals surface area contributed by atoms with E-state index in [0.29, 0.717) is 0 Å². The number of hydrogen-bond acceptors (Lipinski definition) is 1. The van der Waals surface area contributed by atoms with E-state index in [9.17, 15) is 0 Å². The molecule has 0 saturated heterocycles. The Kier molecular flexibility index (Phi) is 2.73. The minimum atomic E-state index is 0.824. The zero-order chi connectivity index (χ0) is 11.7. The number of allylic oxidation sites excluding steroid dienone is 1. The molecule has 1 aromatic carbocycles. The lowest BCUT2D eigenvalue weighted by atomic mass is 9.87. The first-order chi connectivity index (χ1) is 8.33. The fourth-order valence-electron chi connectivity index (χ4n) is 2.37. The lowest BCUT2D eigenvalue weighted by Crippen LogP contribution is -2.01. The summed E-state index contributed by atoms with van der Waals surface area (Å²) in [5, 5.41) is 0.824. The van der Waals surface area contributed by atoms with Crippen molar-refractivity contribution in [2.75, 3.05) is 0 Å². The second-order valence-corrected chi connectivity index (χ2v) is 4.76. The molecular formula is C14H13ClN2. The van der Waals surface area contributed by atoms with Gasteiger partial charge in [-0.2, -0.15) is 0 Å². The van der Waals surface area contributed by atoms with Gasteiger partial charge in [-0.15, -0.1) is 0 Å². The largest absolute Gasteiger partial charge is 0.351 e. The summed E-state index contributed by atoms with van der Waals surface area (Å²) >= 11 is 6.03. The highest BCUT2D eigenvalue weighted by Crippen LogP contribution is 2.33. The van der Waals surface area contributed by atoms with Crippen LogP contribution in [0.4, 0.5) is 0 Å². The van der Waals surface area contributed by atoms with E-state index in [-0.39, 0.29) is 0 Å². The quantitative estimate of drug-likeness (QED) is 0.809. The van der Waals surface area contributed by atoms with Gasteiger partial charge in [0, 0.05) is 11.2 Å². The molecule has 17 heavy (non-hydrogen) atoms. The number of halogens is 1. The van der Waals surface area contributed by atoms with Gasteiger partial charge in [-0.1, -0.05) is 17.7 Å². The molecule has 0 spiro atoms. The van der Waals surface area contributed by atoms with Gasteiger partial charge in [0.25, 0.3) is 0 Å². The summed E-state index contributed by atoms with van der Waals surface area (Å²) in [5.74, 6) is 0. The Hall–Kier alpha value is -1.54. The Morgan fingerprint density at radius 2 is 2.24 bits per heavy atom. The van der Waals surface area contributed by atoms with Crippen LogP contribution in [-0.2, 0) is 6.42 Å². The normalized spacial score (nSPS) is 17.1. The molecule has 2 nitrogen and oxygen atoms in total. The molecule has 1 aliphatic rings. The highest BCUT2D eigenvalue weighted by atomic mass is 35.5. The van der Waals surface area contributed by atoms with Crippen LogP contribution < -0.4 is 0 Å². The molecule has 3 rings (SSSR count). The van der Waals surface area contributed by atoms with Gasteiger partial charge in [-0.05, 0) is 54.2 Å². The Labute approximate surface area is 105 Å². The number of nitrogens with zero attached hydrogens (tertiary/aromatic N) is 1. The summed E-state index contributed by atoms with van der Waals surface area (Å²) in [4.78, 5) is 7.22. The van der Waals surface area contributed by atoms with Gasteiger partial charge >= 0.3 is 0 Å². The Bertz CT molecular complexity index is 556. The molecule has 0 fully saturated rings. The second kappa shape index (κ2) is 4.38. The third kappa shape index (κ3) is 2.13. The predicted molar refractivity (Wildman–Crippen MR) is 70.8 cm³/mol. The first kappa shape index (κ1) is 10.6. The Morgan fingerprint density at radius 3 is 3.06 bits per heavy atom. The van der Waals surface area contributed by atoms with Crippen molar-refractivity contribution in [1.82, 2.24) is 9.97 Å². The molecule has 0 bridgehead atoms. The van der Waals surface area contributed by atoms with Crippen LogP contribution in [0.3, 0.4) is 0 Å². The van der Waals surface area contributed by atoms with E-state index in [2.05, 4.69) is 28.2 Å². The summed E-state index contributed by atoms with van der Waals surface area (Å²) in [6, 6.07) is 6.16. The van der Waals surface area contributed by atoms with Crippen molar-refractivity contribution in [3.05, 3.63) is 52.6 Å². The molecule has 0 amide bonds. The smallest absolute Gasteiger partial charge is 0.0927 e. The number of fused-ring (bicyclic) bond motifs is 1. The van der Waals surface area contributed by atoms with Crippen molar-refractivity contribution in [2.45, 2.75) is 19.3 Å². The maximum Gasteiger partial charge on any atom is 0.0927 e. The highest BCUT2D eigenvalue weighted by Gasteiger charge is 2.14. The number of aromatic amines is 1. The van der Waals surface area contributed by atoms with Gasteiger partial charge < -0.3 is 4.98 Å². The molecule has 0 aliphatic heterocycles. The fourth-order valence-corrected chi connectivity index (χ4v) is 2.56. The van der Waals surface area contributed by atoms with E-state index >= 15 is 0 Å². The van der Waals surface area contributed by atoms with E-state index < -0.39 is 0 Å². The van der Waals surface area contributed by atoms with Crippen LogP contribution in [0.2, 0.25) is 5.02 Å². The molecule has 1 aromatic heterocycles. The number of benzene rings is 1. The second-order valence-electron chi connectivity index (χ2n) is 4.32. The van der Waals surface area contributed by atoms with Crippen LogP contribution in [0.1, 0.15) is 29.7 Å². The summed E-state index contributed by atoms with van der Waals surface area (Å²) in [5.41, 5.74) is 5.02. The molecule has 0 unspecified atom stereocenters. The molecule has 0 atom stereocenters. The zero-order valence-electron chi connectivity index (χ0n) is 9.41. The van der Waals surface area contributed by atoms with E-state index in [4.69, 9.17) is 11.6 Å². The lowest BCUT2D eigenvalue weighted by molar-refractivity contribution is 0.824. The minimum Gasteiger partial charge on any atom is -0.351 e. The standard InChI is InChI=1S/C14H13ClN2/c15-12-4-5-14-10(6-12)2-1-3-11(14)7-13-8-16-9-17-13/h4-9H,1-3H2,(H,16,17)/b11-7-. The minimum absolute atomic E-state index is 0.824. The third-order valence-electron chi connectivity index (χ3n) is 3.15. The van der Waals surface area contributed by atoms with Crippen LogP contribution in [0.5, 0.6) is 0 Å². The van der Waals surface area contributed by atoms with Gasteiger partial charge in [0.05, 0.1) is 12.0 Å². The predicted octanol–water partition coefficient (Wildman–Crippen LogP) is 3.94. The summed E-state index contributed by atoms with van der Waals surface area (Å²) in [6.45, 7) is 0. The van der Waals surface area contributed by atoms with E-state index in [0.717, 1.165) is 23.6 Å². The average molecular weight is 245 g/mol. The maximum absolute atomic E-state index is 6.03. The van der Waals surface area contributed by atoms with Crippen molar-refractivity contribution in [1.29, 1.82) is 0 Å². The topological polar surface area (TPSA) is 28.7 Å². The monoisotopic (exact) mass is 244 g/mol. The molecule has 1 N–H and O–H groups in total. The zero-order valence-corrected chi connectivity index (χ0v) is 10.2. The average Bonchev–Trinajstić information content (AvgIpc) is 2.82. The third-order valence-corrected chi connectivity index (χ3v) is 3.38. The number of H-pyrrole nitrogens is 1. The van der Waals surface area contributed by atoms with Gasteiger partial charge in [-0.25, -0.2) is 4.98 Å². The SMILES string of the molecule is Clc1ccc2c(c1)CCC/C2=C/c1c[nH]cn1. The van der Waals surface area contributed by atoms with Crippen LogP contribution in [-0.4, -0.2) is 9.97 Å². The van der Waals surface area contributed by atoms with Crippen LogP contribution in [0.25, 0.3) is 11.6 Å². The molecular weight excluding hydrogens is 232 g/mol. The lowest BCUT2D eigenvalue weighted by Gasteiger charge is -2.19. The number of hydrogen-bond donors (Lipinski definition) is 1. The van der Waals surface area contributed by atoms with Gasteiger partial charge in [-0.3, -0.25) is 0 Å². The number of imidazole rings is 1. The van der Waals surface area contributed by atoms with Gasteiger partial charge in [0.15, 0.2) is 0 Å². The fraction of sp³-hybridized carbons (Fsp3) is 0.214. The van der Waals surface area contributed by atoms with Gasteiger partial charge in [0.2, 0.25) is 0 Å². The van der Waals surface area contributed by atoms with Crippen molar-refractivity contribution >= 4 is 23.3 Å². The van der Waals surface area contributed by atoms with Crippen LogP contribution in [0, 0.1) is 0 Å². The van der Waals surface area contributed by atoms with Crippen molar-refractivity contribution in [3.8, 4) is 0 Å². The number of nitrogens with one attached hydrogen (secondary N) is 1. The van der Waals surface area contributed by atoms with Crippen LogP contribution >= 0.6 is 11.6 Å². The molecule has 3 heteroatoms. The summed E-state index contributed by atoms with van der Waals surface area (Å²) < 4.78 is 0. The van der Waals surface area contributed by atoms with E-state index in [1.165, 1.54) is 23.1 Å². The Morgan fingerprint density at radius 1 is 1.29 bits per heavy atom. The molecule has 2 aromatic rings. The van der Waals surface area contributed by atoms with Crippen molar-refractivity contribution in [2.24, 2.45) is 0 Å². The molecule has 1 aliphatic carbocycles. The van der Waals surface area contributed by atoms with E-state index in [1.807, 2.05) is 12.3 Å². The van der Waals surface area contributed by atoms with Crippen LogP contribution in [0.15, 0.2) is 30.7 Å². The summed E-state index contributed by atoms with van der Waals surface area (Å²) in [6.07, 6.45) is 9.19. The Balaban J connectivity index is 2.05. The number of rotatable bonds is 1. The molecule has 0 saturated carbocycles. The summed E-state index contributed by atoms with van der Waals surface area (Å²) in [7, 11) is 0. The number of aryl methyl sites for hydroxylation is 1. The van der Waals surface area contributed by atoms with Gasteiger partial charge in [0.1, 0.15) is 0 Å². The maximum atomic E-state index is 6.03. The van der Waals surface area contributed by atoms with E-state index in [1.54, 1.807) is 6.33 Å². The first-order valence-corrected chi connectivity index (χ1v) is 6.19. The van der Waals surface area contributed by atoms with Crippen molar-refractivity contribution in [3.63, 3.8) is 0 Å². The first-order valence-electron chi connectivity index (χ1n) is 5.81. The molecule has 86 valence electrons. The van der Waals surface area contributed by atoms with Crippen molar-refractivity contribution < 1.29 is 0 Å². The highest BCUT2D eigenvalue weighted by molar-refractivity contribution is 6.30. The molecule has 0 radical (unpaired) electrons. The molecule has 1 heterocycles.